The summed E-state index contributed by atoms with van der Waals surface area (Å²) in [5.74, 6) is -5.88. The summed E-state index contributed by atoms with van der Waals surface area (Å²) in [5.41, 5.74) is -1.53. The maximum Gasteiger partial charge on any atom is 0.341 e. The SMILES string of the molecule is O=C(O)c1cn(-c2ccc(F)cc2F)c2c(F)c(N3Cc4ccccc4C3)c(F)cc2c1=O. The quantitative estimate of drug-likeness (QED) is 0.454. The molecule has 0 saturated carbocycles. The fourth-order valence-electron chi connectivity index (χ4n) is 4.20. The molecule has 1 aliphatic rings. The van der Waals surface area contributed by atoms with Crippen LogP contribution in [0.1, 0.15) is 21.5 Å². The number of carbonyl (C=O) groups is 1. The first-order valence-electron chi connectivity index (χ1n) is 9.84. The van der Waals surface area contributed by atoms with Crippen molar-refractivity contribution in [3.05, 3.63) is 105 Å². The number of rotatable bonds is 3. The second-order valence-electron chi connectivity index (χ2n) is 7.68. The number of aromatic nitrogens is 1. The lowest BCUT2D eigenvalue weighted by Gasteiger charge is -2.22. The van der Waals surface area contributed by atoms with Crippen molar-refractivity contribution in [3.63, 3.8) is 0 Å². The average molecular weight is 454 g/mol. The summed E-state index contributed by atoms with van der Waals surface area (Å²) < 4.78 is 59.9. The van der Waals surface area contributed by atoms with Crippen molar-refractivity contribution in [3.8, 4) is 5.69 Å². The number of hydrogen-bond donors (Lipinski definition) is 1. The second-order valence-corrected chi connectivity index (χ2v) is 7.68. The standard InChI is InChI=1S/C24H14F4N2O3/c25-14-5-6-19(17(26)7-14)30-11-16(24(32)33)23(31)15-8-18(27)22(20(28)21(15)30)29-9-12-3-1-2-4-13(12)10-29/h1-8,11H,9-10H2,(H,32,33). The molecule has 0 atom stereocenters. The van der Waals surface area contributed by atoms with Crippen molar-refractivity contribution in [1.29, 1.82) is 0 Å². The molecule has 3 aromatic carbocycles. The maximum atomic E-state index is 15.9. The van der Waals surface area contributed by atoms with Crippen LogP contribution >= 0.6 is 0 Å². The molecule has 1 aliphatic heterocycles. The minimum atomic E-state index is -1.65. The smallest absolute Gasteiger partial charge is 0.341 e. The van der Waals surface area contributed by atoms with Gasteiger partial charge in [-0.1, -0.05) is 24.3 Å². The van der Waals surface area contributed by atoms with Crippen LogP contribution in [0.5, 0.6) is 0 Å². The van der Waals surface area contributed by atoms with Crippen molar-refractivity contribution >= 4 is 22.6 Å². The Morgan fingerprint density at radius 3 is 2.18 bits per heavy atom. The van der Waals surface area contributed by atoms with Gasteiger partial charge in [0.05, 0.1) is 16.6 Å². The van der Waals surface area contributed by atoms with E-state index < -0.39 is 62.5 Å². The maximum absolute atomic E-state index is 15.9. The summed E-state index contributed by atoms with van der Waals surface area (Å²) in [6, 6.07) is 10.4. The zero-order valence-corrected chi connectivity index (χ0v) is 16.8. The largest absolute Gasteiger partial charge is 0.477 e. The van der Waals surface area contributed by atoms with Gasteiger partial charge in [-0.25, -0.2) is 22.4 Å². The lowest BCUT2D eigenvalue weighted by Crippen LogP contribution is -2.23. The van der Waals surface area contributed by atoms with Crippen LogP contribution in [0, 0.1) is 23.3 Å². The monoisotopic (exact) mass is 454 g/mol. The molecule has 0 unspecified atom stereocenters. The van der Waals surface area contributed by atoms with Crippen LogP contribution in [0.2, 0.25) is 0 Å². The van der Waals surface area contributed by atoms with E-state index in [1.165, 1.54) is 4.90 Å². The Morgan fingerprint density at radius 1 is 0.909 bits per heavy atom. The molecule has 5 nitrogen and oxygen atoms in total. The molecular formula is C24H14F4N2O3. The Balaban J connectivity index is 1.82. The normalized spacial score (nSPS) is 12.9. The van der Waals surface area contributed by atoms with Crippen LogP contribution in [-0.2, 0) is 13.1 Å². The van der Waals surface area contributed by atoms with Gasteiger partial charge in [0.15, 0.2) is 5.82 Å². The van der Waals surface area contributed by atoms with Gasteiger partial charge in [-0.15, -0.1) is 0 Å². The van der Waals surface area contributed by atoms with Gasteiger partial charge in [0, 0.05) is 25.4 Å². The molecule has 0 bridgehead atoms. The van der Waals surface area contributed by atoms with Gasteiger partial charge >= 0.3 is 5.97 Å². The first-order valence-corrected chi connectivity index (χ1v) is 9.84. The Morgan fingerprint density at radius 2 is 1.58 bits per heavy atom. The summed E-state index contributed by atoms with van der Waals surface area (Å²) in [5, 5.41) is 8.84. The molecule has 1 aromatic heterocycles. The van der Waals surface area contributed by atoms with Crippen LogP contribution in [0.25, 0.3) is 16.6 Å². The summed E-state index contributed by atoms with van der Waals surface area (Å²) in [7, 11) is 0. The minimum Gasteiger partial charge on any atom is -0.477 e. The molecular weight excluding hydrogens is 440 g/mol. The van der Waals surface area contributed by atoms with Crippen LogP contribution in [0.3, 0.4) is 0 Å². The van der Waals surface area contributed by atoms with E-state index >= 15 is 8.78 Å². The van der Waals surface area contributed by atoms with Crippen LogP contribution < -0.4 is 10.3 Å². The number of hydrogen-bond acceptors (Lipinski definition) is 3. The highest BCUT2D eigenvalue weighted by Crippen LogP contribution is 2.36. The van der Waals surface area contributed by atoms with E-state index in [0.717, 1.165) is 40.1 Å². The number of pyridine rings is 1. The predicted molar refractivity (Wildman–Crippen MR) is 113 cm³/mol. The Hall–Kier alpha value is -4.14. The number of nitrogens with zero attached hydrogens (tertiary/aromatic N) is 2. The lowest BCUT2D eigenvalue weighted by atomic mass is 10.1. The number of halogens is 4. The highest BCUT2D eigenvalue weighted by Gasteiger charge is 2.29. The summed E-state index contributed by atoms with van der Waals surface area (Å²) in [6.07, 6.45) is 0.757. The molecule has 5 rings (SSSR count). The fraction of sp³-hybridized carbons (Fsp3) is 0.0833. The van der Waals surface area contributed by atoms with Crippen molar-refractivity contribution in [2.45, 2.75) is 13.1 Å². The number of carboxylic acid groups (broad SMARTS) is 1. The molecule has 0 saturated heterocycles. The molecule has 0 spiro atoms. The summed E-state index contributed by atoms with van der Waals surface area (Å²) in [4.78, 5) is 25.8. The highest BCUT2D eigenvalue weighted by atomic mass is 19.1. The molecule has 2 heterocycles. The number of aromatic carboxylic acids is 1. The third kappa shape index (κ3) is 3.24. The van der Waals surface area contributed by atoms with E-state index in [0.29, 0.717) is 6.07 Å². The van der Waals surface area contributed by atoms with Crippen molar-refractivity contribution in [2.24, 2.45) is 0 Å². The van der Waals surface area contributed by atoms with Gasteiger partial charge in [-0.3, -0.25) is 4.79 Å². The van der Waals surface area contributed by atoms with Crippen LogP contribution in [0.4, 0.5) is 23.2 Å². The van der Waals surface area contributed by atoms with Crippen molar-refractivity contribution in [1.82, 2.24) is 4.57 Å². The molecule has 33 heavy (non-hydrogen) atoms. The highest BCUT2D eigenvalue weighted by molar-refractivity contribution is 5.94. The molecule has 4 aromatic rings. The first-order chi connectivity index (χ1) is 15.8. The first kappa shape index (κ1) is 20.7. The van der Waals surface area contributed by atoms with Crippen LogP contribution in [-0.4, -0.2) is 15.6 Å². The van der Waals surface area contributed by atoms with E-state index in [9.17, 15) is 23.5 Å². The molecule has 0 fully saturated rings. The van der Waals surface area contributed by atoms with E-state index in [1.807, 2.05) is 12.1 Å². The second kappa shape index (κ2) is 7.47. The van der Waals surface area contributed by atoms with E-state index in [2.05, 4.69) is 0 Å². The van der Waals surface area contributed by atoms with Gasteiger partial charge in [-0.05, 0) is 29.3 Å². The Kier molecular flexibility index (Phi) is 4.70. The fourth-order valence-corrected chi connectivity index (χ4v) is 4.20. The van der Waals surface area contributed by atoms with Crippen molar-refractivity contribution in [2.75, 3.05) is 4.90 Å². The topological polar surface area (TPSA) is 62.5 Å². The van der Waals surface area contributed by atoms with Crippen molar-refractivity contribution < 1.29 is 27.5 Å². The number of benzene rings is 3. The van der Waals surface area contributed by atoms with Crippen LogP contribution in [0.15, 0.2) is 59.5 Å². The lowest BCUT2D eigenvalue weighted by molar-refractivity contribution is 0.0695. The zero-order chi connectivity index (χ0) is 23.4. The summed E-state index contributed by atoms with van der Waals surface area (Å²) in [6.45, 7) is 0.412. The third-order valence-corrected chi connectivity index (χ3v) is 5.71. The molecule has 9 heteroatoms. The van der Waals surface area contributed by atoms with E-state index in [-0.39, 0.29) is 13.1 Å². The Labute approximate surface area is 183 Å². The van der Waals surface area contributed by atoms with E-state index in [4.69, 9.17) is 0 Å². The third-order valence-electron chi connectivity index (χ3n) is 5.71. The molecule has 0 aliphatic carbocycles. The minimum absolute atomic E-state index is 0.206. The number of fused-ring (bicyclic) bond motifs is 2. The molecule has 1 N–H and O–H groups in total. The van der Waals surface area contributed by atoms with E-state index in [1.54, 1.807) is 12.1 Å². The average Bonchev–Trinajstić information content (AvgIpc) is 3.18. The van der Waals surface area contributed by atoms with Gasteiger partial charge in [0.25, 0.3) is 0 Å². The predicted octanol–water partition coefficient (Wildman–Crippen LogP) is 4.77. The number of anilines is 1. The van der Waals surface area contributed by atoms with Gasteiger partial charge in [-0.2, -0.15) is 0 Å². The number of carboxylic acids is 1. The van der Waals surface area contributed by atoms with Gasteiger partial charge in [0.2, 0.25) is 5.43 Å². The Bertz CT molecular complexity index is 1510. The molecule has 0 amide bonds. The summed E-state index contributed by atoms with van der Waals surface area (Å²) >= 11 is 0. The zero-order valence-electron chi connectivity index (χ0n) is 16.8. The molecule has 0 radical (unpaired) electrons. The molecule has 166 valence electrons. The van der Waals surface area contributed by atoms with Gasteiger partial charge in [0.1, 0.15) is 28.7 Å². The van der Waals surface area contributed by atoms with Gasteiger partial charge < -0.3 is 14.6 Å².